The van der Waals surface area contributed by atoms with Crippen molar-refractivity contribution in [2.45, 2.75) is 60.0 Å². The van der Waals surface area contributed by atoms with Crippen LogP contribution in [0.5, 0.6) is 0 Å². The number of esters is 1. The van der Waals surface area contributed by atoms with E-state index in [1.807, 2.05) is 20.8 Å². The highest BCUT2D eigenvalue weighted by Crippen LogP contribution is 2.58. The zero-order valence-corrected chi connectivity index (χ0v) is 15.1. The third kappa shape index (κ3) is 2.52. The van der Waals surface area contributed by atoms with Crippen LogP contribution in [0.1, 0.15) is 63.5 Å². The summed E-state index contributed by atoms with van der Waals surface area (Å²) in [5.74, 6) is 0.862. The van der Waals surface area contributed by atoms with Crippen LogP contribution < -0.4 is 0 Å². The number of hydrogen-bond acceptors (Lipinski definition) is 4. The number of allylic oxidation sites excluding steroid dienone is 1. The minimum absolute atomic E-state index is 0.149. The van der Waals surface area contributed by atoms with E-state index >= 15 is 0 Å². The molecular formula is C20H26O4. The second kappa shape index (κ2) is 5.91. The quantitative estimate of drug-likeness (QED) is 0.599. The minimum Gasteiger partial charge on any atom is -0.469 e. The van der Waals surface area contributed by atoms with Crippen LogP contribution in [-0.4, -0.2) is 11.8 Å². The fourth-order valence-electron chi connectivity index (χ4n) is 4.39. The van der Waals surface area contributed by atoms with E-state index < -0.39 is 6.10 Å². The molecule has 0 aromatic carbocycles. The molecule has 0 spiro atoms. The molecule has 24 heavy (non-hydrogen) atoms. The highest BCUT2D eigenvalue weighted by atomic mass is 16.5. The molecule has 130 valence electrons. The summed E-state index contributed by atoms with van der Waals surface area (Å²) in [6.07, 6.45) is 4.84. The van der Waals surface area contributed by atoms with Crippen molar-refractivity contribution in [2.24, 2.45) is 17.3 Å². The maximum atomic E-state index is 12.6. The average Bonchev–Trinajstić information content (AvgIpc) is 2.85. The van der Waals surface area contributed by atoms with Crippen molar-refractivity contribution in [3.63, 3.8) is 0 Å². The zero-order valence-electron chi connectivity index (χ0n) is 15.1. The molecule has 4 unspecified atom stereocenters. The van der Waals surface area contributed by atoms with Crippen molar-refractivity contribution in [1.29, 1.82) is 0 Å². The minimum atomic E-state index is -0.438. The molecule has 1 saturated carbocycles. The monoisotopic (exact) mass is 330 g/mol. The van der Waals surface area contributed by atoms with E-state index in [4.69, 9.17) is 9.15 Å². The first-order valence-electron chi connectivity index (χ1n) is 8.70. The van der Waals surface area contributed by atoms with Crippen molar-refractivity contribution >= 4 is 11.8 Å². The molecule has 1 aromatic heterocycles. The van der Waals surface area contributed by atoms with Crippen LogP contribution in [0.3, 0.4) is 0 Å². The summed E-state index contributed by atoms with van der Waals surface area (Å²) in [4.78, 5) is 25.0. The summed E-state index contributed by atoms with van der Waals surface area (Å²) in [6.45, 7) is 9.99. The summed E-state index contributed by atoms with van der Waals surface area (Å²) in [7, 11) is 0. The third-order valence-corrected chi connectivity index (χ3v) is 5.99. The normalized spacial score (nSPS) is 31.9. The number of carbonyl (C=O) groups excluding carboxylic acids is 2. The molecular weight excluding hydrogens is 304 g/mol. The van der Waals surface area contributed by atoms with Crippen molar-refractivity contribution in [2.75, 3.05) is 0 Å². The second-order valence-electron chi connectivity index (χ2n) is 7.82. The number of furan rings is 1. The van der Waals surface area contributed by atoms with Crippen LogP contribution >= 0.6 is 0 Å². The first kappa shape index (κ1) is 17.0. The van der Waals surface area contributed by atoms with E-state index in [0.29, 0.717) is 18.8 Å². The summed E-state index contributed by atoms with van der Waals surface area (Å²) >= 11 is 0. The fraction of sp³-hybridized carbons (Fsp3) is 0.600. The van der Waals surface area contributed by atoms with Crippen LogP contribution in [0, 0.1) is 24.2 Å². The number of aryl methyl sites for hydroxylation is 1. The van der Waals surface area contributed by atoms with Crippen molar-refractivity contribution in [1.82, 2.24) is 0 Å². The Morgan fingerprint density at radius 2 is 2.12 bits per heavy atom. The van der Waals surface area contributed by atoms with E-state index in [1.165, 1.54) is 6.08 Å². The summed E-state index contributed by atoms with van der Waals surface area (Å²) in [6, 6.07) is 0. The predicted molar refractivity (Wildman–Crippen MR) is 90.4 cm³/mol. The number of Topliss-reactive ketones (excluding diaryl/α,β-unsaturated/α-hetero) is 1. The smallest absolute Gasteiger partial charge is 0.331 e. The maximum absolute atomic E-state index is 12.6. The topological polar surface area (TPSA) is 56.5 Å². The molecule has 0 N–H and O–H groups in total. The SMILES string of the molecule is CC(C)=CC(=O)OC1c2c(C)coc2CC2C(=O)CCC(C)C21C. The van der Waals surface area contributed by atoms with E-state index in [2.05, 4.69) is 13.8 Å². The summed E-state index contributed by atoms with van der Waals surface area (Å²) in [5, 5.41) is 0. The molecule has 3 rings (SSSR count). The van der Waals surface area contributed by atoms with Gasteiger partial charge in [-0.15, -0.1) is 0 Å². The molecule has 2 aliphatic rings. The van der Waals surface area contributed by atoms with Gasteiger partial charge in [0.05, 0.1) is 6.26 Å². The predicted octanol–water partition coefficient (Wildman–Crippen LogP) is 4.32. The Bertz CT molecular complexity index is 707. The molecule has 0 bridgehead atoms. The Balaban J connectivity index is 2.09. The van der Waals surface area contributed by atoms with Gasteiger partial charge in [-0.05, 0) is 38.7 Å². The molecule has 0 radical (unpaired) electrons. The van der Waals surface area contributed by atoms with Gasteiger partial charge < -0.3 is 9.15 Å². The number of carbonyl (C=O) groups is 2. The van der Waals surface area contributed by atoms with E-state index in [1.54, 1.807) is 6.26 Å². The number of rotatable bonds is 2. The van der Waals surface area contributed by atoms with E-state index in [-0.39, 0.29) is 23.1 Å². The summed E-state index contributed by atoms with van der Waals surface area (Å²) in [5.41, 5.74) is 2.47. The Morgan fingerprint density at radius 1 is 1.42 bits per heavy atom. The van der Waals surface area contributed by atoms with Crippen LogP contribution in [0.15, 0.2) is 22.3 Å². The molecule has 0 amide bonds. The lowest BCUT2D eigenvalue weighted by molar-refractivity contribution is -0.168. The number of ether oxygens (including phenoxy) is 1. The highest BCUT2D eigenvalue weighted by Gasteiger charge is 2.57. The van der Waals surface area contributed by atoms with Gasteiger partial charge >= 0.3 is 5.97 Å². The zero-order chi connectivity index (χ0) is 17.6. The van der Waals surface area contributed by atoms with Gasteiger partial charge in [-0.1, -0.05) is 19.4 Å². The van der Waals surface area contributed by atoms with Gasteiger partial charge in [0.15, 0.2) is 0 Å². The van der Waals surface area contributed by atoms with Gasteiger partial charge in [-0.3, -0.25) is 4.79 Å². The molecule has 2 aliphatic carbocycles. The van der Waals surface area contributed by atoms with Crippen LogP contribution in [0.2, 0.25) is 0 Å². The third-order valence-electron chi connectivity index (χ3n) is 5.99. The number of hydrogen-bond donors (Lipinski definition) is 0. The second-order valence-corrected chi connectivity index (χ2v) is 7.82. The molecule has 4 atom stereocenters. The van der Waals surface area contributed by atoms with E-state index in [9.17, 15) is 9.59 Å². The summed E-state index contributed by atoms with van der Waals surface area (Å²) < 4.78 is 11.6. The van der Waals surface area contributed by atoms with Crippen LogP contribution in [0.4, 0.5) is 0 Å². The lowest BCUT2D eigenvalue weighted by Crippen LogP contribution is -2.51. The molecule has 1 fully saturated rings. The highest BCUT2D eigenvalue weighted by molar-refractivity contribution is 5.85. The Morgan fingerprint density at radius 3 is 2.79 bits per heavy atom. The number of ketones is 1. The van der Waals surface area contributed by atoms with Gasteiger partial charge in [0, 0.05) is 35.8 Å². The molecule has 0 saturated heterocycles. The Labute approximate surface area is 143 Å². The average molecular weight is 330 g/mol. The van der Waals surface area contributed by atoms with E-state index in [0.717, 1.165) is 28.9 Å². The Hall–Kier alpha value is -1.84. The molecule has 0 aliphatic heterocycles. The molecule has 4 heteroatoms. The van der Waals surface area contributed by atoms with Gasteiger partial charge in [0.2, 0.25) is 0 Å². The lowest BCUT2D eigenvalue weighted by Gasteiger charge is -2.51. The molecule has 1 aromatic rings. The molecule has 4 nitrogen and oxygen atoms in total. The van der Waals surface area contributed by atoms with Crippen molar-refractivity contribution in [3.8, 4) is 0 Å². The lowest BCUT2D eigenvalue weighted by atomic mass is 9.54. The first-order valence-corrected chi connectivity index (χ1v) is 8.70. The molecule has 1 heterocycles. The van der Waals surface area contributed by atoms with Crippen molar-refractivity contribution < 1.29 is 18.7 Å². The van der Waals surface area contributed by atoms with Gasteiger partial charge in [0.1, 0.15) is 17.6 Å². The number of fused-ring (bicyclic) bond motifs is 2. The van der Waals surface area contributed by atoms with Gasteiger partial charge in [-0.25, -0.2) is 4.79 Å². The fourth-order valence-corrected chi connectivity index (χ4v) is 4.39. The maximum Gasteiger partial charge on any atom is 0.331 e. The van der Waals surface area contributed by atoms with Gasteiger partial charge in [0.25, 0.3) is 0 Å². The van der Waals surface area contributed by atoms with Gasteiger partial charge in [-0.2, -0.15) is 0 Å². The van der Waals surface area contributed by atoms with Crippen molar-refractivity contribution in [3.05, 3.63) is 34.8 Å². The van der Waals surface area contributed by atoms with Crippen LogP contribution in [-0.2, 0) is 20.7 Å². The Kier molecular flexibility index (Phi) is 4.18. The first-order chi connectivity index (χ1) is 11.2. The largest absolute Gasteiger partial charge is 0.469 e. The standard InChI is InChI=1S/C20H26O4/c1-11(2)8-17(22)24-19-18-12(3)10-23-16(18)9-14-15(21)7-6-13(4)20(14,19)5/h8,10,13-14,19H,6-7,9H2,1-5H3. The van der Waals surface area contributed by atoms with Crippen LogP contribution in [0.25, 0.3) is 0 Å².